The third-order valence-corrected chi connectivity index (χ3v) is 10.7. The number of hydrogen-bond donors (Lipinski definition) is 0. The molecule has 0 aromatic heterocycles. The third kappa shape index (κ3) is 52.7. The van der Waals surface area contributed by atoms with Gasteiger partial charge in [-0.1, -0.05) is 199 Å². The van der Waals surface area contributed by atoms with E-state index in [4.69, 9.17) is 14.2 Å². The molecule has 372 valence electrons. The fraction of sp³-hybridized carbons (Fsp3) is 0.607. The highest BCUT2D eigenvalue weighted by Crippen LogP contribution is 2.12. The zero-order chi connectivity index (χ0) is 47.7. The summed E-state index contributed by atoms with van der Waals surface area (Å²) in [6.07, 6.45) is 79.0. The minimum atomic E-state index is -0.590. The van der Waals surface area contributed by atoms with Gasteiger partial charge < -0.3 is 14.2 Å². The number of allylic oxidation sites excluding steroid dienone is 22. The van der Waals surface area contributed by atoms with E-state index in [0.29, 0.717) is 19.4 Å². The Hall–Kier alpha value is -3.96. The van der Waals surface area contributed by atoms with Crippen LogP contribution in [0.25, 0.3) is 0 Å². The second-order valence-electron chi connectivity index (χ2n) is 17.0. The number of rotatable bonds is 47. The lowest BCUT2D eigenvalue weighted by Gasteiger charge is -2.18. The fourth-order valence-corrected chi connectivity index (χ4v) is 6.73. The van der Waals surface area contributed by atoms with Crippen LogP contribution in [0.3, 0.4) is 0 Å². The largest absolute Gasteiger partial charge is 0.462 e. The Kier molecular flexibility index (Phi) is 52.0. The molecule has 5 nitrogen and oxygen atoms in total. The molecule has 0 aliphatic carbocycles. The smallest absolute Gasteiger partial charge is 0.306 e. The Morgan fingerprint density at radius 1 is 0.348 bits per heavy atom. The minimum Gasteiger partial charge on any atom is -0.462 e. The van der Waals surface area contributed by atoms with E-state index in [1.54, 1.807) is 0 Å². The van der Waals surface area contributed by atoms with Crippen LogP contribution in [0, 0.1) is 0 Å². The summed E-state index contributed by atoms with van der Waals surface area (Å²) in [7, 11) is 0. The molecule has 0 rings (SSSR count). The van der Waals surface area contributed by atoms with Crippen LogP contribution in [0.15, 0.2) is 134 Å². The summed E-state index contributed by atoms with van der Waals surface area (Å²) < 4.78 is 17.3. The molecule has 0 aliphatic heterocycles. The summed E-state index contributed by atoms with van der Waals surface area (Å²) in [5.41, 5.74) is 0. The van der Waals surface area contributed by atoms with Gasteiger partial charge in [0.25, 0.3) is 0 Å². The predicted octanol–water partition coefficient (Wildman–Crippen LogP) is 18.3. The van der Waals surface area contributed by atoms with Gasteiger partial charge in [-0.15, -0.1) is 0 Å². The summed E-state index contributed by atoms with van der Waals surface area (Å²) >= 11 is 0. The van der Waals surface area contributed by atoms with Crippen molar-refractivity contribution in [2.24, 2.45) is 0 Å². The summed E-state index contributed by atoms with van der Waals surface area (Å²) in [5, 5.41) is 0. The van der Waals surface area contributed by atoms with Crippen molar-refractivity contribution in [3.63, 3.8) is 0 Å². The molecule has 0 saturated heterocycles. The monoisotopic (exact) mass is 911 g/mol. The van der Waals surface area contributed by atoms with E-state index in [0.717, 1.165) is 135 Å². The molecule has 0 bridgehead atoms. The van der Waals surface area contributed by atoms with E-state index in [1.807, 2.05) is 0 Å². The number of carbonyl (C=O) groups excluding carboxylic acids is 2. The van der Waals surface area contributed by atoms with Gasteiger partial charge in [0, 0.05) is 19.4 Å². The zero-order valence-corrected chi connectivity index (χ0v) is 42.7. The number of unbranched alkanes of at least 4 members (excludes halogenated alkanes) is 14. The molecule has 0 amide bonds. The van der Waals surface area contributed by atoms with Crippen molar-refractivity contribution >= 4 is 11.9 Å². The van der Waals surface area contributed by atoms with Crippen LogP contribution < -0.4 is 0 Å². The van der Waals surface area contributed by atoms with Crippen LogP contribution in [-0.2, 0) is 23.8 Å². The fourth-order valence-electron chi connectivity index (χ4n) is 6.73. The Bertz CT molecular complexity index is 1400. The predicted molar refractivity (Wildman–Crippen MR) is 288 cm³/mol. The summed E-state index contributed by atoms with van der Waals surface area (Å²) in [6, 6.07) is 0. The molecular weight excluding hydrogens is 813 g/mol. The van der Waals surface area contributed by atoms with Crippen LogP contribution in [0.5, 0.6) is 0 Å². The molecule has 1 atom stereocenters. The molecular formula is C61H98O5. The molecule has 0 radical (unpaired) electrons. The number of carbonyl (C=O) groups is 2. The molecule has 0 aromatic carbocycles. The van der Waals surface area contributed by atoms with Crippen molar-refractivity contribution < 1.29 is 23.8 Å². The van der Waals surface area contributed by atoms with E-state index in [9.17, 15) is 9.59 Å². The lowest BCUT2D eigenvalue weighted by atomic mass is 10.1. The van der Waals surface area contributed by atoms with Crippen LogP contribution in [0.2, 0.25) is 0 Å². The molecule has 0 fully saturated rings. The average molecular weight is 911 g/mol. The van der Waals surface area contributed by atoms with Gasteiger partial charge in [0.05, 0.1) is 6.61 Å². The van der Waals surface area contributed by atoms with Gasteiger partial charge in [0.2, 0.25) is 0 Å². The number of esters is 2. The van der Waals surface area contributed by atoms with Gasteiger partial charge in [0.15, 0.2) is 6.10 Å². The standard InChI is InChI=1S/C61H98O5/c1-4-7-10-13-16-19-22-25-27-29-31-32-34-37-39-42-45-48-51-54-60(62)65-58-59(66-61(63)55-52-49-46-43-40-36-24-21-18-15-12-9-6-3)57-64-56-53-50-47-44-41-38-35-33-30-28-26-23-20-17-14-11-8-5-2/h8-9,11-12,16-21,25-28,31-33,35-36,40-41,44,59H,4-7,10,13-15,22-24,29-30,34,37-39,42-43,45-58H2,1-3H3/b11-8-,12-9-,19-16-,20-17-,21-18-,27-25-,28-26-,32-31-,35-33-,40-36-,44-41-. The molecule has 0 heterocycles. The van der Waals surface area contributed by atoms with Gasteiger partial charge in [-0.25, -0.2) is 0 Å². The van der Waals surface area contributed by atoms with E-state index in [1.165, 1.54) is 44.9 Å². The normalized spacial score (nSPS) is 13.3. The van der Waals surface area contributed by atoms with E-state index in [2.05, 4.69) is 154 Å². The first kappa shape index (κ1) is 62.0. The van der Waals surface area contributed by atoms with Crippen molar-refractivity contribution in [2.75, 3.05) is 19.8 Å². The van der Waals surface area contributed by atoms with E-state index >= 15 is 0 Å². The quantitative estimate of drug-likeness (QED) is 0.0346. The topological polar surface area (TPSA) is 61.8 Å². The zero-order valence-electron chi connectivity index (χ0n) is 42.7. The molecule has 66 heavy (non-hydrogen) atoms. The number of ether oxygens (including phenoxy) is 3. The maximum Gasteiger partial charge on any atom is 0.306 e. The Balaban J connectivity index is 4.42. The number of hydrogen-bond acceptors (Lipinski definition) is 5. The first-order valence-electron chi connectivity index (χ1n) is 26.7. The lowest BCUT2D eigenvalue weighted by molar-refractivity contribution is -0.163. The highest BCUT2D eigenvalue weighted by atomic mass is 16.6. The Morgan fingerprint density at radius 2 is 0.682 bits per heavy atom. The summed E-state index contributed by atoms with van der Waals surface area (Å²) in [6.45, 7) is 7.41. The Morgan fingerprint density at radius 3 is 1.11 bits per heavy atom. The first-order chi connectivity index (χ1) is 32.6. The van der Waals surface area contributed by atoms with Crippen molar-refractivity contribution in [1.82, 2.24) is 0 Å². The minimum absolute atomic E-state index is 0.0399. The average Bonchev–Trinajstić information content (AvgIpc) is 3.32. The maximum absolute atomic E-state index is 12.8. The second-order valence-corrected chi connectivity index (χ2v) is 17.0. The molecule has 0 aromatic rings. The lowest BCUT2D eigenvalue weighted by Crippen LogP contribution is -2.30. The van der Waals surface area contributed by atoms with Crippen LogP contribution >= 0.6 is 0 Å². The van der Waals surface area contributed by atoms with Crippen LogP contribution in [0.4, 0.5) is 0 Å². The molecule has 5 heteroatoms. The van der Waals surface area contributed by atoms with Crippen molar-refractivity contribution in [2.45, 2.75) is 219 Å². The van der Waals surface area contributed by atoms with Crippen LogP contribution in [-0.4, -0.2) is 37.9 Å². The van der Waals surface area contributed by atoms with Crippen molar-refractivity contribution in [3.8, 4) is 0 Å². The van der Waals surface area contributed by atoms with Gasteiger partial charge >= 0.3 is 11.9 Å². The van der Waals surface area contributed by atoms with Crippen LogP contribution in [0.1, 0.15) is 213 Å². The summed E-state index contributed by atoms with van der Waals surface area (Å²) in [4.78, 5) is 25.4. The SMILES string of the molecule is CC/C=C\C/C=C\C/C=C\C/C=C\C/C=C\CCCCOCC(COC(=O)CCCCCCCC/C=C\C/C=C\C/C=C\CCCCC)OC(=O)CCCCC/C=C\C/C=C\C/C=C\CC. The second kappa shape index (κ2) is 55.4. The third-order valence-electron chi connectivity index (χ3n) is 10.7. The summed E-state index contributed by atoms with van der Waals surface area (Å²) in [5.74, 6) is -0.480. The molecule has 0 saturated carbocycles. The molecule has 0 N–H and O–H groups in total. The van der Waals surface area contributed by atoms with E-state index < -0.39 is 6.10 Å². The van der Waals surface area contributed by atoms with Gasteiger partial charge in [-0.05, 0) is 135 Å². The van der Waals surface area contributed by atoms with Crippen molar-refractivity contribution in [3.05, 3.63) is 134 Å². The van der Waals surface area contributed by atoms with Gasteiger partial charge in [-0.3, -0.25) is 9.59 Å². The van der Waals surface area contributed by atoms with Crippen molar-refractivity contribution in [1.29, 1.82) is 0 Å². The Labute approximate surface area is 407 Å². The van der Waals surface area contributed by atoms with E-state index in [-0.39, 0.29) is 25.2 Å². The highest BCUT2D eigenvalue weighted by Gasteiger charge is 2.17. The van der Waals surface area contributed by atoms with Gasteiger partial charge in [0.1, 0.15) is 6.61 Å². The molecule has 1 unspecified atom stereocenters. The molecule has 0 spiro atoms. The first-order valence-corrected chi connectivity index (χ1v) is 26.7. The highest BCUT2D eigenvalue weighted by molar-refractivity contribution is 5.70. The maximum atomic E-state index is 12.8. The molecule has 0 aliphatic rings. The van der Waals surface area contributed by atoms with Gasteiger partial charge in [-0.2, -0.15) is 0 Å².